The van der Waals surface area contributed by atoms with E-state index in [1.54, 1.807) is 24.0 Å². The molecule has 0 N–H and O–H groups in total. The van der Waals surface area contributed by atoms with Crippen LogP contribution in [0.1, 0.15) is 23.7 Å². The molecule has 0 aliphatic heterocycles. The number of hydrogen-bond acceptors (Lipinski definition) is 4. The lowest BCUT2D eigenvalue weighted by Gasteiger charge is -2.08. The van der Waals surface area contributed by atoms with Gasteiger partial charge in [0.25, 0.3) is 0 Å². The first-order valence-electron chi connectivity index (χ1n) is 5.47. The number of esters is 1. The van der Waals surface area contributed by atoms with E-state index in [2.05, 4.69) is 10.00 Å². The topological polar surface area (TPSA) is 47.4 Å². The van der Waals surface area contributed by atoms with Gasteiger partial charge >= 0.3 is 5.97 Å². The molecule has 0 radical (unpaired) electrons. The smallest absolute Gasteiger partial charge is 0.341 e. The summed E-state index contributed by atoms with van der Waals surface area (Å²) in [6.07, 6.45) is 4.29. The predicted octanol–water partition coefficient (Wildman–Crippen LogP) is 1.01. The first kappa shape index (κ1) is 12.7. The maximum absolute atomic E-state index is 11.4. The van der Waals surface area contributed by atoms with E-state index in [1.807, 2.05) is 14.1 Å². The average molecular weight is 225 g/mol. The largest absolute Gasteiger partial charge is 0.462 e. The molecule has 5 nitrogen and oxygen atoms in total. The lowest BCUT2D eigenvalue weighted by Crippen LogP contribution is -2.15. The van der Waals surface area contributed by atoms with E-state index in [0.717, 1.165) is 19.5 Å². The van der Waals surface area contributed by atoms with Gasteiger partial charge in [-0.1, -0.05) is 0 Å². The van der Waals surface area contributed by atoms with Crippen LogP contribution >= 0.6 is 0 Å². The monoisotopic (exact) mass is 225 g/mol. The van der Waals surface area contributed by atoms with Gasteiger partial charge in [-0.05, 0) is 34.0 Å². The van der Waals surface area contributed by atoms with Crippen LogP contribution in [0.4, 0.5) is 0 Å². The minimum atomic E-state index is -0.304. The number of rotatable bonds is 6. The number of hydrogen-bond donors (Lipinski definition) is 0. The van der Waals surface area contributed by atoms with Gasteiger partial charge in [0.15, 0.2) is 0 Å². The van der Waals surface area contributed by atoms with Gasteiger partial charge in [0, 0.05) is 12.7 Å². The third kappa shape index (κ3) is 4.02. The molecule has 0 aliphatic carbocycles. The summed E-state index contributed by atoms with van der Waals surface area (Å²) in [6.45, 7) is 4.01. The van der Waals surface area contributed by atoms with E-state index in [1.165, 1.54) is 0 Å². The van der Waals surface area contributed by atoms with Gasteiger partial charge in [-0.3, -0.25) is 4.68 Å². The Balaban J connectivity index is 2.42. The van der Waals surface area contributed by atoms with Crippen LogP contribution in [0.25, 0.3) is 0 Å². The van der Waals surface area contributed by atoms with Crippen LogP contribution in [0, 0.1) is 0 Å². The van der Waals surface area contributed by atoms with Crippen molar-refractivity contribution in [2.75, 3.05) is 27.2 Å². The molecule has 90 valence electrons. The summed E-state index contributed by atoms with van der Waals surface area (Å²) >= 11 is 0. The zero-order valence-electron chi connectivity index (χ0n) is 10.1. The molecule has 1 aromatic heterocycles. The van der Waals surface area contributed by atoms with Crippen molar-refractivity contribution in [3.8, 4) is 0 Å². The summed E-state index contributed by atoms with van der Waals surface area (Å²) in [7, 11) is 4.07. The Morgan fingerprint density at radius 2 is 2.31 bits per heavy atom. The SMILES string of the molecule is CCOC(=O)c1cnn(CCCN(C)C)c1. The zero-order valence-corrected chi connectivity index (χ0v) is 10.1. The normalized spacial score (nSPS) is 10.8. The molecule has 0 unspecified atom stereocenters. The molecule has 0 spiro atoms. The molecule has 0 saturated heterocycles. The standard InChI is InChI=1S/C11H19N3O2/c1-4-16-11(15)10-8-12-14(9-10)7-5-6-13(2)3/h8-9H,4-7H2,1-3H3. The molecule has 0 saturated carbocycles. The maximum atomic E-state index is 11.4. The van der Waals surface area contributed by atoms with Crippen molar-refractivity contribution in [1.29, 1.82) is 0 Å². The van der Waals surface area contributed by atoms with Crippen molar-refractivity contribution >= 4 is 5.97 Å². The molecule has 5 heteroatoms. The fraction of sp³-hybridized carbons (Fsp3) is 0.636. The summed E-state index contributed by atoms with van der Waals surface area (Å²) in [5.74, 6) is -0.304. The van der Waals surface area contributed by atoms with Crippen molar-refractivity contribution in [2.45, 2.75) is 19.9 Å². The molecule has 0 atom stereocenters. The van der Waals surface area contributed by atoms with Crippen molar-refractivity contribution < 1.29 is 9.53 Å². The second kappa shape index (κ2) is 6.27. The predicted molar refractivity (Wildman–Crippen MR) is 61.4 cm³/mol. The van der Waals surface area contributed by atoms with Gasteiger partial charge in [-0.25, -0.2) is 4.79 Å². The first-order valence-corrected chi connectivity index (χ1v) is 5.47. The van der Waals surface area contributed by atoms with Crippen LogP contribution < -0.4 is 0 Å². The molecule has 0 aromatic carbocycles. The van der Waals surface area contributed by atoms with E-state index in [-0.39, 0.29) is 5.97 Å². The van der Waals surface area contributed by atoms with E-state index in [0.29, 0.717) is 12.2 Å². The van der Waals surface area contributed by atoms with Crippen LogP contribution in [0.2, 0.25) is 0 Å². The summed E-state index contributed by atoms with van der Waals surface area (Å²) in [5.41, 5.74) is 0.520. The van der Waals surface area contributed by atoms with Crippen molar-refractivity contribution in [2.24, 2.45) is 0 Å². The molecule has 0 fully saturated rings. The minimum absolute atomic E-state index is 0.304. The highest BCUT2D eigenvalue weighted by Gasteiger charge is 2.08. The molecule has 1 rings (SSSR count). The number of nitrogens with zero attached hydrogens (tertiary/aromatic N) is 3. The quantitative estimate of drug-likeness (QED) is 0.678. The molecule has 0 bridgehead atoms. The average Bonchev–Trinajstić information content (AvgIpc) is 2.66. The van der Waals surface area contributed by atoms with E-state index >= 15 is 0 Å². The highest BCUT2D eigenvalue weighted by atomic mass is 16.5. The zero-order chi connectivity index (χ0) is 12.0. The maximum Gasteiger partial charge on any atom is 0.341 e. The Kier molecular flexibility index (Phi) is 4.98. The fourth-order valence-electron chi connectivity index (χ4n) is 1.35. The van der Waals surface area contributed by atoms with Crippen LogP contribution in [0.15, 0.2) is 12.4 Å². The van der Waals surface area contributed by atoms with Crippen LogP contribution in [0.5, 0.6) is 0 Å². The van der Waals surface area contributed by atoms with Gasteiger partial charge < -0.3 is 9.64 Å². The molecule has 1 aromatic rings. The number of carbonyl (C=O) groups is 1. The minimum Gasteiger partial charge on any atom is -0.462 e. The highest BCUT2D eigenvalue weighted by Crippen LogP contribution is 2.01. The van der Waals surface area contributed by atoms with E-state index in [4.69, 9.17) is 4.74 Å². The Bertz CT molecular complexity index is 334. The van der Waals surface area contributed by atoms with Gasteiger partial charge in [-0.15, -0.1) is 0 Å². The van der Waals surface area contributed by atoms with Crippen molar-refractivity contribution in [3.05, 3.63) is 18.0 Å². The lowest BCUT2D eigenvalue weighted by atomic mass is 10.3. The second-order valence-electron chi connectivity index (χ2n) is 3.87. The third-order valence-electron chi connectivity index (χ3n) is 2.14. The lowest BCUT2D eigenvalue weighted by molar-refractivity contribution is 0.0526. The molecule has 0 aliphatic rings. The molecule has 0 amide bonds. The van der Waals surface area contributed by atoms with Crippen LogP contribution in [0.3, 0.4) is 0 Å². The second-order valence-corrected chi connectivity index (χ2v) is 3.87. The van der Waals surface area contributed by atoms with E-state index in [9.17, 15) is 4.79 Å². The van der Waals surface area contributed by atoms with Gasteiger partial charge in [0.1, 0.15) is 0 Å². The van der Waals surface area contributed by atoms with Crippen molar-refractivity contribution in [1.82, 2.24) is 14.7 Å². The fourth-order valence-corrected chi connectivity index (χ4v) is 1.35. The number of ether oxygens (including phenoxy) is 1. The molecular formula is C11H19N3O2. The molecular weight excluding hydrogens is 206 g/mol. The number of carbonyl (C=O) groups excluding carboxylic acids is 1. The number of aromatic nitrogens is 2. The summed E-state index contributed by atoms with van der Waals surface area (Å²) < 4.78 is 6.66. The van der Waals surface area contributed by atoms with Crippen LogP contribution in [-0.2, 0) is 11.3 Å². The summed E-state index contributed by atoms with van der Waals surface area (Å²) in [6, 6.07) is 0. The number of aryl methyl sites for hydroxylation is 1. The first-order chi connectivity index (χ1) is 7.63. The Labute approximate surface area is 96.0 Å². The van der Waals surface area contributed by atoms with Gasteiger partial charge in [0.2, 0.25) is 0 Å². The van der Waals surface area contributed by atoms with Crippen LogP contribution in [-0.4, -0.2) is 47.9 Å². The molecule has 1 heterocycles. The van der Waals surface area contributed by atoms with E-state index < -0.39 is 0 Å². The Morgan fingerprint density at radius 1 is 1.56 bits per heavy atom. The third-order valence-corrected chi connectivity index (χ3v) is 2.14. The van der Waals surface area contributed by atoms with Gasteiger partial charge in [0.05, 0.1) is 18.4 Å². The highest BCUT2D eigenvalue weighted by molar-refractivity contribution is 5.88. The Morgan fingerprint density at radius 3 is 2.94 bits per heavy atom. The summed E-state index contributed by atoms with van der Waals surface area (Å²) in [4.78, 5) is 13.5. The Hall–Kier alpha value is -1.36. The van der Waals surface area contributed by atoms with Gasteiger partial charge in [-0.2, -0.15) is 5.10 Å². The summed E-state index contributed by atoms with van der Waals surface area (Å²) in [5, 5.41) is 4.11. The molecule has 16 heavy (non-hydrogen) atoms. The van der Waals surface area contributed by atoms with Crippen molar-refractivity contribution in [3.63, 3.8) is 0 Å².